The highest BCUT2D eigenvalue weighted by molar-refractivity contribution is 5.75. The summed E-state index contributed by atoms with van der Waals surface area (Å²) in [7, 11) is 0. The quantitative estimate of drug-likeness (QED) is 0.729. The number of nitrogens with zero attached hydrogens (tertiary/aromatic N) is 1. The predicted octanol–water partition coefficient (Wildman–Crippen LogP) is 2.06. The fraction of sp³-hybridized carbons (Fsp3) is 0.643. The second-order valence-electron chi connectivity index (χ2n) is 5.09. The summed E-state index contributed by atoms with van der Waals surface area (Å²) in [5.74, 6) is 0.461. The number of unbranched alkanes of at least 4 members (excludes halogenated alkanes) is 1. The third-order valence-electron chi connectivity index (χ3n) is 3.06. The van der Waals surface area contributed by atoms with E-state index in [1.54, 1.807) is 0 Å². The summed E-state index contributed by atoms with van der Waals surface area (Å²) in [5.41, 5.74) is 7.16. The van der Waals surface area contributed by atoms with E-state index in [4.69, 9.17) is 5.73 Å². The van der Waals surface area contributed by atoms with Crippen molar-refractivity contribution in [2.75, 3.05) is 6.54 Å². The highest BCUT2D eigenvalue weighted by atomic mass is 16.1. The number of carbonyl (C=O) groups is 1. The van der Waals surface area contributed by atoms with Crippen LogP contribution in [0.25, 0.3) is 0 Å². The van der Waals surface area contributed by atoms with Crippen molar-refractivity contribution in [3.8, 4) is 0 Å². The maximum Gasteiger partial charge on any atom is 0.239 e. The monoisotopic (exact) mass is 251 g/mol. The van der Waals surface area contributed by atoms with Crippen LogP contribution >= 0.6 is 0 Å². The molecule has 1 aromatic rings. The van der Waals surface area contributed by atoms with Crippen molar-refractivity contribution in [1.82, 2.24) is 9.88 Å². The Morgan fingerprint density at radius 2 is 2.22 bits per heavy atom. The van der Waals surface area contributed by atoms with Crippen LogP contribution in [0.1, 0.15) is 45.2 Å². The molecule has 1 atom stereocenters. The standard InChI is InChI=1S/C14H25N3O/c1-4-5-7-16-13(18)10-17-8-6-12(9-17)14(15)11(2)3/h6,8-9,11,14H,4-5,7,10,15H2,1-3H3,(H,16,18). The molecule has 0 radical (unpaired) electrons. The zero-order chi connectivity index (χ0) is 13.5. The molecule has 0 saturated carbocycles. The minimum atomic E-state index is 0.0365. The van der Waals surface area contributed by atoms with E-state index in [2.05, 4.69) is 26.1 Å². The molecule has 1 heterocycles. The van der Waals surface area contributed by atoms with Crippen LogP contribution in [-0.2, 0) is 11.3 Å². The van der Waals surface area contributed by atoms with Crippen LogP contribution in [0, 0.1) is 5.92 Å². The number of rotatable bonds is 7. The van der Waals surface area contributed by atoms with Crippen molar-refractivity contribution in [2.24, 2.45) is 11.7 Å². The molecule has 4 heteroatoms. The van der Waals surface area contributed by atoms with Crippen LogP contribution in [0.4, 0.5) is 0 Å². The number of hydrogen-bond donors (Lipinski definition) is 2. The van der Waals surface area contributed by atoms with Gasteiger partial charge in [-0.15, -0.1) is 0 Å². The average molecular weight is 251 g/mol. The van der Waals surface area contributed by atoms with E-state index >= 15 is 0 Å². The second-order valence-corrected chi connectivity index (χ2v) is 5.09. The molecule has 0 saturated heterocycles. The molecule has 4 nitrogen and oxygen atoms in total. The molecular weight excluding hydrogens is 226 g/mol. The molecule has 1 amide bonds. The van der Waals surface area contributed by atoms with E-state index in [1.807, 2.05) is 23.0 Å². The third kappa shape index (κ3) is 4.53. The Bertz CT molecular complexity index is 371. The molecule has 102 valence electrons. The number of nitrogens with one attached hydrogen (secondary N) is 1. The number of carbonyl (C=O) groups excluding carboxylic acids is 1. The van der Waals surface area contributed by atoms with E-state index < -0.39 is 0 Å². The van der Waals surface area contributed by atoms with Gasteiger partial charge in [0, 0.05) is 25.0 Å². The first kappa shape index (κ1) is 14.8. The van der Waals surface area contributed by atoms with E-state index in [1.165, 1.54) is 0 Å². The van der Waals surface area contributed by atoms with Crippen LogP contribution in [0.5, 0.6) is 0 Å². The topological polar surface area (TPSA) is 60.0 Å². The van der Waals surface area contributed by atoms with E-state index in [-0.39, 0.29) is 11.9 Å². The van der Waals surface area contributed by atoms with Gasteiger partial charge in [0.1, 0.15) is 6.54 Å². The SMILES string of the molecule is CCCCNC(=O)Cn1ccc(C(N)C(C)C)c1. The lowest BCUT2D eigenvalue weighted by Crippen LogP contribution is -2.28. The van der Waals surface area contributed by atoms with Gasteiger partial charge < -0.3 is 15.6 Å². The van der Waals surface area contributed by atoms with Crippen molar-refractivity contribution in [1.29, 1.82) is 0 Å². The lowest BCUT2D eigenvalue weighted by molar-refractivity contribution is -0.121. The van der Waals surface area contributed by atoms with Crippen LogP contribution in [-0.4, -0.2) is 17.0 Å². The van der Waals surface area contributed by atoms with Crippen molar-refractivity contribution < 1.29 is 4.79 Å². The first-order valence-corrected chi connectivity index (χ1v) is 6.72. The Hall–Kier alpha value is -1.29. The molecule has 1 rings (SSSR count). The van der Waals surface area contributed by atoms with Gasteiger partial charge in [-0.1, -0.05) is 27.2 Å². The van der Waals surface area contributed by atoms with Crippen LogP contribution in [0.3, 0.4) is 0 Å². The minimum Gasteiger partial charge on any atom is -0.355 e. The second kappa shape index (κ2) is 7.21. The zero-order valence-electron chi connectivity index (χ0n) is 11.6. The van der Waals surface area contributed by atoms with Crippen LogP contribution in [0.2, 0.25) is 0 Å². The highest BCUT2D eigenvalue weighted by Gasteiger charge is 2.12. The maximum absolute atomic E-state index is 11.6. The molecular formula is C14H25N3O. The summed E-state index contributed by atoms with van der Waals surface area (Å²) in [6, 6.07) is 2.03. The molecule has 1 aromatic heterocycles. The summed E-state index contributed by atoms with van der Waals surface area (Å²) < 4.78 is 1.89. The Morgan fingerprint density at radius 1 is 1.50 bits per heavy atom. The normalized spacial score (nSPS) is 12.7. The molecule has 18 heavy (non-hydrogen) atoms. The fourth-order valence-corrected chi connectivity index (χ4v) is 1.77. The zero-order valence-corrected chi connectivity index (χ0v) is 11.6. The van der Waals surface area contributed by atoms with Gasteiger partial charge in [-0.3, -0.25) is 4.79 Å². The van der Waals surface area contributed by atoms with Gasteiger partial charge in [-0.25, -0.2) is 0 Å². The van der Waals surface area contributed by atoms with Gasteiger partial charge in [0.25, 0.3) is 0 Å². The average Bonchev–Trinajstić information content (AvgIpc) is 2.76. The molecule has 0 spiro atoms. The summed E-state index contributed by atoms with van der Waals surface area (Å²) >= 11 is 0. The van der Waals surface area contributed by atoms with Gasteiger partial charge in [0.2, 0.25) is 5.91 Å². The Morgan fingerprint density at radius 3 is 2.83 bits per heavy atom. The van der Waals surface area contributed by atoms with Crippen molar-refractivity contribution in [3.05, 3.63) is 24.0 Å². The largest absolute Gasteiger partial charge is 0.355 e. The molecule has 0 aromatic carbocycles. The number of amides is 1. The first-order chi connectivity index (χ1) is 8.54. The summed E-state index contributed by atoms with van der Waals surface area (Å²) in [4.78, 5) is 11.6. The van der Waals surface area contributed by atoms with E-state index in [0.717, 1.165) is 24.9 Å². The van der Waals surface area contributed by atoms with Crippen molar-refractivity contribution >= 4 is 5.91 Å². The first-order valence-electron chi connectivity index (χ1n) is 6.72. The van der Waals surface area contributed by atoms with E-state index in [9.17, 15) is 4.79 Å². The van der Waals surface area contributed by atoms with Gasteiger partial charge in [-0.05, 0) is 24.0 Å². The van der Waals surface area contributed by atoms with Crippen molar-refractivity contribution in [3.63, 3.8) is 0 Å². The lowest BCUT2D eigenvalue weighted by Gasteiger charge is -2.13. The lowest BCUT2D eigenvalue weighted by atomic mass is 10.00. The number of aromatic nitrogens is 1. The summed E-state index contributed by atoms with van der Waals surface area (Å²) in [6.45, 7) is 7.43. The third-order valence-corrected chi connectivity index (χ3v) is 3.06. The Balaban J connectivity index is 2.46. The van der Waals surface area contributed by atoms with Gasteiger partial charge in [0.05, 0.1) is 0 Å². The molecule has 0 fully saturated rings. The fourth-order valence-electron chi connectivity index (χ4n) is 1.77. The summed E-state index contributed by atoms with van der Waals surface area (Å²) in [6.07, 6.45) is 6.00. The van der Waals surface area contributed by atoms with Crippen LogP contribution < -0.4 is 11.1 Å². The molecule has 0 aliphatic carbocycles. The highest BCUT2D eigenvalue weighted by Crippen LogP contribution is 2.18. The van der Waals surface area contributed by atoms with Gasteiger partial charge >= 0.3 is 0 Å². The Kier molecular flexibility index (Phi) is 5.92. The molecule has 0 aliphatic heterocycles. The molecule has 1 unspecified atom stereocenters. The minimum absolute atomic E-state index is 0.0365. The molecule has 0 aliphatic rings. The number of hydrogen-bond acceptors (Lipinski definition) is 2. The molecule has 0 bridgehead atoms. The Labute approximate surface area is 110 Å². The van der Waals surface area contributed by atoms with Crippen LogP contribution in [0.15, 0.2) is 18.5 Å². The van der Waals surface area contributed by atoms with Gasteiger partial charge in [0.15, 0.2) is 0 Å². The van der Waals surface area contributed by atoms with E-state index in [0.29, 0.717) is 12.5 Å². The van der Waals surface area contributed by atoms with Gasteiger partial charge in [-0.2, -0.15) is 0 Å². The summed E-state index contributed by atoms with van der Waals surface area (Å²) in [5, 5.41) is 2.90. The van der Waals surface area contributed by atoms with Crippen molar-refractivity contribution in [2.45, 2.75) is 46.2 Å². The maximum atomic E-state index is 11.6. The molecule has 3 N–H and O–H groups in total. The predicted molar refractivity (Wildman–Crippen MR) is 74.1 cm³/mol. The number of nitrogens with two attached hydrogens (primary N) is 1. The smallest absolute Gasteiger partial charge is 0.239 e.